The molecule has 4 nitrogen and oxygen atoms in total. The minimum Gasteiger partial charge on any atom is -0.326 e. The lowest BCUT2D eigenvalue weighted by atomic mass is 10.2. The zero-order valence-corrected chi connectivity index (χ0v) is 7.25. The predicted molar refractivity (Wildman–Crippen MR) is 44.2 cm³/mol. The summed E-state index contributed by atoms with van der Waals surface area (Å²) in [6.45, 7) is 2.32. The first kappa shape index (κ1) is 9.19. The fourth-order valence-corrected chi connectivity index (χ4v) is 1.19. The Kier molecular flexibility index (Phi) is 2.81. The van der Waals surface area contributed by atoms with Crippen LogP contribution in [0, 0.1) is 0 Å². The van der Waals surface area contributed by atoms with Crippen LogP contribution < -0.4 is 5.73 Å². The zero-order valence-electron chi connectivity index (χ0n) is 7.25. The van der Waals surface area contributed by atoms with Crippen molar-refractivity contribution in [3.63, 3.8) is 0 Å². The van der Waals surface area contributed by atoms with Crippen LogP contribution in [-0.4, -0.2) is 29.3 Å². The molecule has 1 atom stereocenters. The van der Waals surface area contributed by atoms with Gasteiger partial charge >= 0.3 is 0 Å². The van der Waals surface area contributed by atoms with Crippen molar-refractivity contribution in [3.8, 4) is 0 Å². The molecule has 0 aromatic heterocycles. The predicted octanol–water partition coefficient (Wildman–Crippen LogP) is -0.127. The summed E-state index contributed by atoms with van der Waals surface area (Å²) in [4.78, 5) is 23.4. The molecule has 1 fully saturated rings. The molecule has 1 heterocycles. The topological polar surface area (TPSA) is 63.4 Å². The number of likely N-dealkylation sites (tertiary alicyclic amines) is 1. The van der Waals surface area contributed by atoms with Crippen LogP contribution in [0.2, 0.25) is 0 Å². The van der Waals surface area contributed by atoms with Crippen molar-refractivity contribution in [3.05, 3.63) is 0 Å². The Morgan fingerprint density at radius 1 is 1.42 bits per heavy atom. The number of imide groups is 1. The number of nitrogens with zero attached hydrogens (tertiary/aromatic N) is 1. The molecular formula is C8H14N2O2. The zero-order chi connectivity index (χ0) is 9.14. The number of carbonyl (C=O) groups excluding carboxylic acids is 2. The van der Waals surface area contributed by atoms with Crippen LogP contribution >= 0.6 is 0 Å². The quantitative estimate of drug-likeness (QED) is 0.600. The van der Waals surface area contributed by atoms with E-state index < -0.39 is 0 Å². The molecular weight excluding hydrogens is 156 g/mol. The lowest BCUT2D eigenvalue weighted by molar-refractivity contribution is -0.138. The van der Waals surface area contributed by atoms with Gasteiger partial charge in [0.15, 0.2) is 0 Å². The second kappa shape index (κ2) is 3.67. The van der Waals surface area contributed by atoms with E-state index >= 15 is 0 Å². The van der Waals surface area contributed by atoms with Gasteiger partial charge in [0.1, 0.15) is 0 Å². The van der Waals surface area contributed by atoms with Crippen LogP contribution in [-0.2, 0) is 9.59 Å². The Labute approximate surface area is 71.7 Å². The average Bonchev–Trinajstić information content (AvgIpc) is 2.35. The summed E-state index contributed by atoms with van der Waals surface area (Å²) in [6, 6.07) is -0.0731. The SMILES string of the molecule is CC[C@@H](N)CN1C(=O)CCC1=O. The van der Waals surface area contributed by atoms with Gasteiger partial charge in [-0.05, 0) is 6.42 Å². The summed E-state index contributed by atoms with van der Waals surface area (Å²) in [5.74, 6) is -0.159. The molecule has 1 rings (SSSR count). The lowest BCUT2D eigenvalue weighted by Gasteiger charge is -2.17. The third-order valence-electron chi connectivity index (χ3n) is 2.10. The van der Waals surface area contributed by atoms with Crippen molar-refractivity contribution in [1.29, 1.82) is 0 Å². The van der Waals surface area contributed by atoms with Crippen LogP contribution in [0.25, 0.3) is 0 Å². The van der Waals surface area contributed by atoms with Gasteiger partial charge in [0, 0.05) is 25.4 Å². The molecule has 0 aromatic carbocycles. The second-order valence-electron chi connectivity index (χ2n) is 3.07. The van der Waals surface area contributed by atoms with Crippen LogP contribution in [0.15, 0.2) is 0 Å². The van der Waals surface area contributed by atoms with Gasteiger partial charge in [-0.2, -0.15) is 0 Å². The fraction of sp³-hybridized carbons (Fsp3) is 0.750. The molecule has 1 aliphatic rings. The van der Waals surface area contributed by atoms with Crippen molar-refractivity contribution >= 4 is 11.8 Å². The standard InChI is InChI=1S/C8H14N2O2/c1-2-6(9)5-10-7(11)3-4-8(10)12/h6H,2-5,9H2,1H3/t6-/m1/s1. The van der Waals surface area contributed by atoms with Crippen molar-refractivity contribution < 1.29 is 9.59 Å². The third-order valence-corrected chi connectivity index (χ3v) is 2.10. The van der Waals surface area contributed by atoms with Gasteiger partial charge in [-0.1, -0.05) is 6.92 Å². The average molecular weight is 170 g/mol. The monoisotopic (exact) mass is 170 g/mol. The molecule has 1 saturated heterocycles. The van der Waals surface area contributed by atoms with Gasteiger partial charge in [-0.15, -0.1) is 0 Å². The van der Waals surface area contributed by atoms with Crippen LogP contribution in [0.4, 0.5) is 0 Å². The van der Waals surface area contributed by atoms with E-state index in [9.17, 15) is 9.59 Å². The Morgan fingerprint density at radius 2 is 1.92 bits per heavy atom. The summed E-state index contributed by atoms with van der Waals surface area (Å²) >= 11 is 0. The highest BCUT2D eigenvalue weighted by molar-refractivity contribution is 6.01. The lowest BCUT2D eigenvalue weighted by Crippen LogP contribution is -2.40. The number of carbonyl (C=O) groups is 2. The Morgan fingerprint density at radius 3 is 2.33 bits per heavy atom. The minimum atomic E-state index is -0.0797. The van der Waals surface area contributed by atoms with Crippen molar-refractivity contribution in [2.75, 3.05) is 6.54 Å². The van der Waals surface area contributed by atoms with E-state index in [2.05, 4.69) is 0 Å². The van der Waals surface area contributed by atoms with E-state index in [1.807, 2.05) is 6.92 Å². The van der Waals surface area contributed by atoms with E-state index in [1.165, 1.54) is 4.90 Å². The highest BCUT2D eigenvalue weighted by Gasteiger charge is 2.29. The smallest absolute Gasteiger partial charge is 0.229 e. The molecule has 12 heavy (non-hydrogen) atoms. The largest absolute Gasteiger partial charge is 0.326 e. The van der Waals surface area contributed by atoms with E-state index in [0.717, 1.165) is 6.42 Å². The molecule has 0 spiro atoms. The van der Waals surface area contributed by atoms with E-state index in [1.54, 1.807) is 0 Å². The number of hydrogen-bond acceptors (Lipinski definition) is 3. The van der Waals surface area contributed by atoms with Gasteiger partial charge in [-0.3, -0.25) is 14.5 Å². The molecule has 2 amide bonds. The molecule has 0 radical (unpaired) electrons. The van der Waals surface area contributed by atoms with E-state index in [0.29, 0.717) is 19.4 Å². The van der Waals surface area contributed by atoms with Crippen molar-refractivity contribution in [2.45, 2.75) is 32.2 Å². The highest BCUT2D eigenvalue weighted by atomic mass is 16.2. The first-order valence-corrected chi connectivity index (χ1v) is 4.24. The van der Waals surface area contributed by atoms with Crippen LogP contribution in [0.3, 0.4) is 0 Å². The first-order valence-electron chi connectivity index (χ1n) is 4.24. The second-order valence-corrected chi connectivity index (χ2v) is 3.07. The summed E-state index contributed by atoms with van der Waals surface area (Å²) < 4.78 is 0. The number of rotatable bonds is 3. The maximum Gasteiger partial charge on any atom is 0.229 e. The Balaban J connectivity index is 2.50. The van der Waals surface area contributed by atoms with Crippen molar-refractivity contribution in [1.82, 2.24) is 4.90 Å². The summed E-state index contributed by atoms with van der Waals surface area (Å²) in [6.07, 6.45) is 1.50. The molecule has 0 aromatic rings. The number of amides is 2. The normalized spacial score (nSPS) is 20.3. The van der Waals surface area contributed by atoms with Gasteiger partial charge in [-0.25, -0.2) is 0 Å². The van der Waals surface area contributed by atoms with Crippen molar-refractivity contribution in [2.24, 2.45) is 5.73 Å². The van der Waals surface area contributed by atoms with Gasteiger partial charge in [0.2, 0.25) is 11.8 Å². The first-order chi connectivity index (χ1) is 5.65. The van der Waals surface area contributed by atoms with Gasteiger partial charge in [0.05, 0.1) is 0 Å². The summed E-state index contributed by atoms with van der Waals surface area (Å²) in [5, 5.41) is 0. The van der Waals surface area contributed by atoms with Gasteiger partial charge in [0.25, 0.3) is 0 Å². The van der Waals surface area contributed by atoms with Gasteiger partial charge < -0.3 is 5.73 Å². The Hall–Kier alpha value is -0.900. The van der Waals surface area contributed by atoms with E-state index in [4.69, 9.17) is 5.73 Å². The summed E-state index contributed by atoms with van der Waals surface area (Å²) in [5.41, 5.74) is 5.63. The highest BCUT2D eigenvalue weighted by Crippen LogP contribution is 2.11. The molecule has 4 heteroatoms. The number of nitrogens with two attached hydrogens (primary N) is 1. The van der Waals surface area contributed by atoms with Crippen LogP contribution in [0.5, 0.6) is 0 Å². The molecule has 68 valence electrons. The minimum absolute atomic E-state index is 0.0731. The maximum absolute atomic E-state index is 11.1. The molecule has 2 N–H and O–H groups in total. The number of hydrogen-bond donors (Lipinski definition) is 1. The molecule has 0 saturated carbocycles. The third kappa shape index (κ3) is 1.82. The fourth-order valence-electron chi connectivity index (χ4n) is 1.19. The Bertz CT molecular complexity index is 187. The van der Waals surface area contributed by atoms with Crippen LogP contribution in [0.1, 0.15) is 26.2 Å². The molecule has 1 aliphatic heterocycles. The van der Waals surface area contributed by atoms with E-state index in [-0.39, 0.29) is 17.9 Å². The molecule has 0 unspecified atom stereocenters. The molecule has 0 bridgehead atoms. The maximum atomic E-state index is 11.1. The summed E-state index contributed by atoms with van der Waals surface area (Å²) in [7, 11) is 0. The molecule has 0 aliphatic carbocycles.